The first-order valence-corrected chi connectivity index (χ1v) is 10.3. The number of aldehydes is 1. The van der Waals surface area contributed by atoms with Gasteiger partial charge in [0, 0.05) is 12.0 Å². The van der Waals surface area contributed by atoms with Gasteiger partial charge in [0.25, 0.3) is 5.69 Å². The van der Waals surface area contributed by atoms with E-state index in [4.69, 9.17) is 0 Å². The Bertz CT molecular complexity index is 1320. The summed E-state index contributed by atoms with van der Waals surface area (Å²) in [6.07, 6.45) is 0.784. The van der Waals surface area contributed by atoms with Crippen LogP contribution in [0.4, 0.5) is 11.4 Å². The maximum atomic E-state index is 13.8. The smallest absolute Gasteiger partial charge is 0.293 e. The number of benzene rings is 3. The summed E-state index contributed by atoms with van der Waals surface area (Å²) < 4.78 is 0. The zero-order chi connectivity index (χ0) is 22.2. The summed E-state index contributed by atoms with van der Waals surface area (Å²) in [4.78, 5) is 52.4. The first kappa shape index (κ1) is 18.6. The van der Waals surface area contributed by atoms with Gasteiger partial charge in [-0.25, -0.2) is 4.90 Å². The van der Waals surface area contributed by atoms with Gasteiger partial charge in [-0.05, 0) is 28.3 Å². The fourth-order valence-corrected chi connectivity index (χ4v) is 6.08. The van der Waals surface area contributed by atoms with Crippen LogP contribution < -0.4 is 4.90 Å². The predicted octanol–water partition coefficient (Wildman–Crippen LogP) is 3.34. The van der Waals surface area contributed by atoms with Crippen molar-refractivity contribution in [3.63, 3.8) is 0 Å². The van der Waals surface area contributed by atoms with E-state index < -0.39 is 39.9 Å². The van der Waals surface area contributed by atoms with Crippen LogP contribution in [0.25, 0.3) is 0 Å². The average Bonchev–Trinajstić information content (AvgIpc) is 3.09. The molecule has 1 aliphatic heterocycles. The third-order valence-corrected chi connectivity index (χ3v) is 7.19. The highest BCUT2D eigenvalue weighted by atomic mass is 16.6. The first-order valence-electron chi connectivity index (χ1n) is 10.3. The number of carbonyl (C=O) groups is 3. The highest BCUT2D eigenvalue weighted by Gasteiger charge is 2.68. The fraction of sp³-hybridized carbons (Fsp3) is 0.160. The Balaban J connectivity index is 1.65. The van der Waals surface area contributed by atoms with E-state index in [1.807, 2.05) is 48.5 Å². The van der Waals surface area contributed by atoms with Crippen molar-refractivity contribution in [1.82, 2.24) is 0 Å². The maximum absolute atomic E-state index is 13.8. The fourth-order valence-electron chi connectivity index (χ4n) is 6.08. The molecule has 0 aromatic heterocycles. The highest BCUT2D eigenvalue weighted by molar-refractivity contribution is 6.25. The lowest BCUT2D eigenvalue weighted by Crippen LogP contribution is -2.54. The molecule has 1 saturated heterocycles. The normalized spacial score (nSPS) is 27.0. The number of hydrogen-bond acceptors (Lipinski definition) is 5. The molecule has 0 unspecified atom stereocenters. The van der Waals surface area contributed by atoms with E-state index in [0.717, 1.165) is 33.4 Å². The lowest BCUT2D eigenvalue weighted by Gasteiger charge is -2.51. The molecule has 0 radical (unpaired) electrons. The van der Waals surface area contributed by atoms with Crippen LogP contribution in [0.5, 0.6) is 0 Å². The van der Waals surface area contributed by atoms with E-state index >= 15 is 0 Å². The number of para-hydroxylation sites is 2. The van der Waals surface area contributed by atoms with Crippen molar-refractivity contribution < 1.29 is 19.3 Å². The summed E-state index contributed by atoms with van der Waals surface area (Å²) in [5, 5.41) is 11.6. The van der Waals surface area contributed by atoms with E-state index in [-0.39, 0.29) is 11.4 Å². The number of hydrogen-bond donors (Lipinski definition) is 0. The van der Waals surface area contributed by atoms with Crippen molar-refractivity contribution >= 4 is 29.5 Å². The van der Waals surface area contributed by atoms with Crippen LogP contribution >= 0.6 is 0 Å². The Morgan fingerprint density at radius 3 is 2.00 bits per heavy atom. The molecule has 7 rings (SSSR count). The molecule has 2 atom stereocenters. The van der Waals surface area contributed by atoms with Crippen molar-refractivity contribution in [2.24, 2.45) is 11.8 Å². The first-order chi connectivity index (χ1) is 15.5. The lowest BCUT2D eigenvalue weighted by molar-refractivity contribution is -0.384. The minimum absolute atomic E-state index is 0.0598. The summed E-state index contributed by atoms with van der Waals surface area (Å²) in [5.41, 5.74) is 1.45. The molecule has 0 saturated carbocycles. The molecule has 2 bridgehead atoms. The zero-order valence-corrected chi connectivity index (χ0v) is 16.7. The van der Waals surface area contributed by atoms with Crippen LogP contribution in [0.1, 0.15) is 28.2 Å². The van der Waals surface area contributed by atoms with Crippen molar-refractivity contribution in [2.75, 3.05) is 4.90 Å². The molecule has 0 spiro atoms. The molecule has 1 heterocycles. The number of rotatable bonds is 3. The second-order valence-electron chi connectivity index (χ2n) is 8.40. The number of nitro groups is 1. The topological polar surface area (TPSA) is 97.6 Å². The quantitative estimate of drug-likeness (QED) is 0.278. The van der Waals surface area contributed by atoms with Crippen LogP contribution in [-0.2, 0) is 19.8 Å². The largest absolute Gasteiger partial charge is 0.302 e. The van der Waals surface area contributed by atoms with Crippen molar-refractivity contribution in [3.05, 3.63) is 105 Å². The van der Waals surface area contributed by atoms with Crippen LogP contribution in [0.3, 0.4) is 0 Å². The molecule has 32 heavy (non-hydrogen) atoms. The van der Waals surface area contributed by atoms with Gasteiger partial charge in [0.15, 0.2) is 0 Å². The number of nitro benzene ring substituents is 1. The van der Waals surface area contributed by atoms with E-state index in [2.05, 4.69) is 0 Å². The van der Waals surface area contributed by atoms with E-state index in [9.17, 15) is 24.5 Å². The average molecular weight is 424 g/mol. The van der Waals surface area contributed by atoms with E-state index in [1.165, 1.54) is 18.2 Å². The Morgan fingerprint density at radius 2 is 1.41 bits per heavy atom. The molecule has 4 aliphatic rings. The molecule has 3 aliphatic carbocycles. The van der Waals surface area contributed by atoms with Crippen LogP contribution in [0.15, 0.2) is 72.8 Å². The summed E-state index contributed by atoms with van der Waals surface area (Å²) in [6.45, 7) is 0. The minimum atomic E-state index is -1.32. The Hall–Kier alpha value is -4.13. The van der Waals surface area contributed by atoms with Gasteiger partial charge in [-0.15, -0.1) is 0 Å². The van der Waals surface area contributed by atoms with E-state index in [1.54, 1.807) is 6.07 Å². The van der Waals surface area contributed by atoms with Gasteiger partial charge in [0.1, 0.15) is 12.0 Å². The summed E-state index contributed by atoms with van der Waals surface area (Å²) in [6, 6.07) is 20.6. The number of amides is 2. The number of carbonyl (C=O) groups excluding carboxylic acids is 3. The molecule has 3 aromatic rings. The molecule has 156 valence electrons. The lowest BCUT2D eigenvalue weighted by atomic mass is 9.48. The van der Waals surface area contributed by atoms with Crippen LogP contribution in [0.2, 0.25) is 0 Å². The molecule has 7 heteroatoms. The molecule has 0 N–H and O–H groups in total. The van der Waals surface area contributed by atoms with Gasteiger partial charge < -0.3 is 4.79 Å². The number of nitrogens with zero attached hydrogens (tertiary/aromatic N) is 2. The maximum Gasteiger partial charge on any atom is 0.293 e. The molecule has 2 amide bonds. The molecular formula is C25H16N2O5. The predicted molar refractivity (Wildman–Crippen MR) is 114 cm³/mol. The van der Waals surface area contributed by atoms with Gasteiger partial charge in [0.2, 0.25) is 11.8 Å². The van der Waals surface area contributed by atoms with Crippen molar-refractivity contribution in [3.8, 4) is 0 Å². The second kappa shape index (κ2) is 6.20. The molecule has 7 nitrogen and oxygen atoms in total. The zero-order valence-electron chi connectivity index (χ0n) is 16.7. The summed E-state index contributed by atoms with van der Waals surface area (Å²) in [7, 11) is 0. The number of anilines is 1. The van der Waals surface area contributed by atoms with Gasteiger partial charge in [-0.3, -0.25) is 19.7 Å². The van der Waals surface area contributed by atoms with Gasteiger partial charge in [-0.2, -0.15) is 0 Å². The standard InChI is InChI=1S/C25H16N2O5/c28-13-25-16-9-3-1-7-14(16)20(15-8-2-4-10-17(15)25)21-22(25)24(30)26(23(21)29)18-11-5-6-12-19(18)27(31)32/h1-13,20-22H/t20?,21-,22-,25?/m1/s1. The van der Waals surface area contributed by atoms with Crippen molar-refractivity contribution in [1.29, 1.82) is 0 Å². The third-order valence-electron chi connectivity index (χ3n) is 7.19. The van der Waals surface area contributed by atoms with Gasteiger partial charge in [-0.1, -0.05) is 60.7 Å². The van der Waals surface area contributed by atoms with Crippen LogP contribution in [-0.4, -0.2) is 23.0 Å². The van der Waals surface area contributed by atoms with Gasteiger partial charge >= 0.3 is 0 Å². The Kier molecular flexibility index (Phi) is 3.61. The van der Waals surface area contributed by atoms with E-state index in [0.29, 0.717) is 0 Å². The third kappa shape index (κ3) is 1.98. The number of imide groups is 1. The Labute approximate surface area is 182 Å². The molecule has 1 fully saturated rings. The monoisotopic (exact) mass is 424 g/mol. The van der Waals surface area contributed by atoms with Gasteiger partial charge in [0.05, 0.1) is 22.2 Å². The second-order valence-corrected chi connectivity index (χ2v) is 8.40. The van der Waals surface area contributed by atoms with Crippen LogP contribution in [0, 0.1) is 22.0 Å². The summed E-state index contributed by atoms with van der Waals surface area (Å²) >= 11 is 0. The van der Waals surface area contributed by atoms with Crippen molar-refractivity contribution in [2.45, 2.75) is 11.3 Å². The SMILES string of the molecule is O=CC12c3ccccc3C(c3ccccc31)[C@H]1C(=O)N(c3ccccc3[N+](=O)[O-])C(=O)[C@@H]12. The molecular weight excluding hydrogens is 408 g/mol. The Morgan fingerprint density at radius 1 is 0.844 bits per heavy atom. The summed E-state index contributed by atoms with van der Waals surface area (Å²) in [5.74, 6) is -3.25. The minimum Gasteiger partial charge on any atom is -0.302 e. The highest BCUT2D eigenvalue weighted by Crippen LogP contribution is 2.63. The molecule has 3 aromatic carbocycles.